The largest absolute Gasteiger partial charge is 0.454 e. The number of benzene rings is 2. The van der Waals surface area contributed by atoms with Crippen LogP contribution in [0, 0.1) is 28.1 Å². The molecule has 180 valence electrons. The lowest BCUT2D eigenvalue weighted by molar-refractivity contribution is -0.141. The third kappa shape index (κ3) is 3.54. The highest BCUT2D eigenvalue weighted by Crippen LogP contribution is 2.69. The van der Waals surface area contributed by atoms with Crippen molar-refractivity contribution in [2.75, 3.05) is 11.7 Å². The summed E-state index contributed by atoms with van der Waals surface area (Å²) in [6.45, 7) is 8.53. The molecule has 35 heavy (non-hydrogen) atoms. The molecule has 8 nitrogen and oxygen atoms in total. The molecule has 0 spiro atoms. The summed E-state index contributed by atoms with van der Waals surface area (Å²) in [5.74, 6) is 0.0131. The Morgan fingerprint density at radius 1 is 1.06 bits per heavy atom. The molecule has 1 unspecified atom stereocenters. The number of ether oxygens (including phenoxy) is 2. The predicted octanol–water partition coefficient (Wildman–Crippen LogP) is 3.63. The summed E-state index contributed by atoms with van der Waals surface area (Å²) in [4.78, 5) is 43.1. The average molecular weight is 474 g/mol. The molecule has 0 N–H and O–H groups in total. The van der Waals surface area contributed by atoms with Crippen molar-refractivity contribution >= 4 is 23.4 Å². The molecule has 2 aromatic carbocycles. The van der Waals surface area contributed by atoms with E-state index in [1.54, 1.807) is 35.2 Å². The normalized spacial score (nSPS) is 21.7. The Labute approximate surface area is 204 Å². The minimum Gasteiger partial charge on any atom is -0.454 e. The Morgan fingerprint density at radius 3 is 2.34 bits per heavy atom. The van der Waals surface area contributed by atoms with Crippen molar-refractivity contribution in [3.05, 3.63) is 53.6 Å². The summed E-state index contributed by atoms with van der Waals surface area (Å²) >= 11 is 0. The summed E-state index contributed by atoms with van der Waals surface area (Å²) in [5, 5.41) is 9.06. The maximum Gasteiger partial charge on any atom is 0.257 e. The topological polar surface area (TPSA) is 99.9 Å². The predicted molar refractivity (Wildman–Crippen MR) is 126 cm³/mol. The van der Waals surface area contributed by atoms with Gasteiger partial charge in [-0.25, -0.2) is 4.90 Å². The molecule has 2 aromatic rings. The number of nitriles is 1. The maximum atomic E-state index is 13.9. The van der Waals surface area contributed by atoms with Crippen LogP contribution in [-0.2, 0) is 20.9 Å². The van der Waals surface area contributed by atoms with Crippen molar-refractivity contribution in [3.8, 4) is 17.6 Å². The first kappa shape index (κ1) is 22.9. The average Bonchev–Trinajstić information content (AvgIpc) is 3.19. The van der Waals surface area contributed by atoms with Crippen molar-refractivity contribution in [2.45, 2.75) is 46.7 Å². The Balaban J connectivity index is 1.47. The SMILES string of the molecule is CC1(C)C(C(=O)N(Cc2ccc3c(c2)OCO3)C2CC(=O)N(c3ccc(C#N)cc3)C2=O)C1(C)C. The van der Waals surface area contributed by atoms with Gasteiger partial charge in [0.2, 0.25) is 18.6 Å². The summed E-state index contributed by atoms with van der Waals surface area (Å²) in [7, 11) is 0. The summed E-state index contributed by atoms with van der Waals surface area (Å²) in [5.41, 5.74) is 1.16. The van der Waals surface area contributed by atoms with Crippen LogP contribution in [0.25, 0.3) is 0 Å². The van der Waals surface area contributed by atoms with Crippen LogP contribution in [0.2, 0.25) is 0 Å². The van der Waals surface area contributed by atoms with Crippen LogP contribution in [0.4, 0.5) is 5.69 Å². The smallest absolute Gasteiger partial charge is 0.257 e. The molecule has 3 amide bonds. The zero-order valence-electron chi connectivity index (χ0n) is 20.2. The molecule has 0 radical (unpaired) electrons. The Bertz CT molecular complexity index is 1260. The number of amides is 3. The van der Waals surface area contributed by atoms with E-state index in [0.29, 0.717) is 22.7 Å². The number of carbonyl (C=O) groups excluding carboxylic acids is 3. The van der Waals surface area contributed by atoms with Crippen molar-refractivity contribution in [1.29, 1.82) is 5.26 Å². The lowest BCUT2D eigenvalue weighted by Crippen LogP contribution is -2.46. The van der Waals surface area contributed by atoms with E-state index in [0.717, 1.165) is 10.5 Å². The standard InChI is InChI=1S/C27H27N3O5/c1-26(2)23(27(26,3)4)25(33)29(14-17-7-10-20-21(11-17)35-15-34-20)19-12-22(31)30(24(19)32)18-8-5-16(13-28)6-9-18/h5-11,19,23H,12,14-15H2,1-4H3. The van der Waals surface area contributed by atoms with Gasteiger partial charge in [0.05, 0.1) is 23.7 Å². The van der Waals surface area contributed by atoms with E-state index in [1.807, 2.05) is 18.2 Å². The van der Waals surface area contributed by atoms with Crippen LogP contribution in [0.15, 0.2) is 42.5 Å². The highest BCUT2D eigenvalue weighted by Gasteiger charge is 2.69. The fraction of sp³-hybridized carbons (Fsp3) is 0.407. The summed E-state index contributed by atoms with van der Waals surface area (Å²) < 4.78 is 10.9. The number of fused-ring (bicyclic) bond motifs is 1. The number of nitrogens with zero attached hydrogens (tertiary/aromatic N) is 3. The minimum absolute atomic E-state index is 0.0945. The van der Waals surface area contributed by atoms with Gasteiger partial charge in [0, 0.05) is 12.5 Å². The van der Waals surface area contributed by atoms with Gasteiger partial charge >= 0.3 is 0 Å². The highest BCUT2D eigenvalue weighted by molar-refractivity contribution is 6.23. The van der Waals surface area contributed by atoms with Crippen LogP contribution >= 0.6 is 0 Å². The molecule has 3 aliphatic rings. The van der Waals surface area contributed by atoms with Gasteiger partial charge in [0.25, 0.3) is 5.91 Å². The Hall–Kier alpha value is -3.86. The molecular weight excluding hydrogens is 446 g/mol. The van der Waals surface area contributed by atoms with E-state index in [9.17, 15) is 14.4 Å². The summed E-state index contributed by atoms with van der Waals surface area (Å²) in [6, 6.07) is 12.8. The molecule has 1 atom stereocenters. The number of imide groups is 1. The zero-order chi connectivity index (χ0) is 25.1. The third-order valence-electron chi connectivity index (χ3n) is 8.09. The van der Waals surface area contributed by atoms with E-state index >= 15 is 0 Å². The third-order valence-corrected chi connectivity index (χ3v) is 8.09. The molecular formula is C27H27N3O5. The van der Waals surface area contributed by atoms with Gasteiger partial charge in [0.15, 0.2) is 11.5 Å². The second-order valence-corrected chi connectivity index (χ2v) is 10.5. The van der Waals surface area contributed by atoms with Gasteiger partial charge in [-0.05, 0) is 52.8 Å². The second kappa shape index (κ2) is 7.84. The molecule has 2 heterocycles. The van der Waals surface area contributed by atoms with E-state index in [-0.39, 0.29) is 48.3 Å². The molecule has 1 saturated carbocycles. The first-order chi connectivity index (χ1) is 16.6. The molecule has 2 fully saturated rings. The van der Waals surface area contributed by atoms with Gasteiger partial charge in [-0.1, -0.05) is 33.8 Å². The first-order valence-corrected chi connectivity index (χ1v) is 11.6. The lowest BCUT2D eigenvalue weighted by atomic mass is 10.0. The van der Waals surface area contributed by atoms with E-state index in [4.69, 9.17) is 14.7 Å². The number of hydrogen-bond donors (Lipinski definition) is 0. The molecule has 0 aromatic heterocycles. The minimum atomic E-state index is -0.914. The van der Waals surface area contributed by atoms with E-state index in [1.165, 1.54) is 0 Å². The van der Waals surface area contributed by atoms with E-state index in [2.05, 4.69) is 27.7 Å². The maximum absolute atomic E-state index is 13.9. The number of rotatable bonds is 5. The van der Waals surface area contributed by atoms with Gasteiger partial charge in [-0.15, -0.1) is 0 Å². The Kier molecular flexibility index (Phi) is 5.13. The molecule has 5 rings (SSSR count). The van der Waals surface area contributed by atoms with Crippen LogP contribution < -0.4 is 14.4 Å². The first-order valence-electron chi connectivity index (χ1n) is 11.6. The quantitative estimate of drug-likeness (QED) is 0.615. The van der Waals surface area contributed by atoms with Crippen molar-refractivity contribution in [1.82, 2.24) is 4.90 Å². The van der Waals surface area contributed by atoms with Crippen molar-refractivity contribution in [3.63, 3.8) is 0 Å². The molecule has 8 heteroatoms. The lowest BCUT2D eigenvalue weighted by Gasteiger charge is -2.29. The van der Waals surface area contributed by atoms with Gasteiger partial charge in [-0.3, -0.25) is 14.4 Å². The monoisotopic (exact) mass is 473 g/mol. The van der Waals surface area contributed by atoms with Gasteiger partial charge < -0.3 is 14.4 Å². The fourth-order valence-electron chi connectivity index (χ4n) is 5.37. The van der Waals surface area contributed by atoms with Crippen LogP contribution in [0.1, 0.15) is 45.2 Å². The van der Waals surface area contributed by atoms with Crippen molar-refractivity contribution in [2.24, 2.45) is 16.7 Å². The Morgan fingerprint density at radius 2 is 1.71 bits per heavy atom. The van der Waals surface area contributed by atoms with Gasteiger partial charge in [0.1, 0.15) is 6.04 Å². The van der Waals surface area contributed by atoms with E-state index < -0.39 is 11.9 Å². The van der Waals surface area contributed by atoms with Crippen LogP contribution in [0.5, 0.6) is 11.5 Å². The molecule has 1 saturated heterocycles. The number of carbonyl (C=O) groups is 3. The number of anilines is 1. The molecule has 0 bridgehead atoms. The van der Waals surface area contributed by atoms with Crippen LogP contribution in [0.3, 0.4) is 0 Å². The number of hydrogen-bond acceptors (Lipinski definition) is 6. The van der Waals surface area contributed by atoms with Crippen LogP contribution in [-0.4, -0.2) is 35.5 Å². The highest BCUT2D eigenvalue weighted by atomic mass is 16.7. The van der Waals surface area contributed by atoms with Crippen molar-refractivity contribution < 1.29 is 23.9 Å². The summed E-state index contributed by atoms with van der Waals surface area (Å²) in [6.07, 6.45) is -0.0945. The fourth-order valence-corrected chi connectivity index (χ4v) is 5.37. The molecule has 2 aliphatic heterocycles. The molecule has 1 aliphatic carbocycles. The second-order valence-electron chi connectivity index (χ2n) is 10.5. The van der Waals surface area contributed by atoms with Gasteiger partial charge in [-0.2, -0.15) is 5.26 Å². The zero-order valence-corrected chi connectivity index (χ0v) is 20.2.